The van der Waals surface area contributed by atoms with E-state index in [4.69, 9.17) is 14.5 Å². The van der Waals surface area contributed by atoms with E-state index in [-0.39, 0.29) is 18.4 Å². The van der Waals surface area contributed by atoms with Gasteiger partial charge in [-0.05, 0) is 51.0 Å². The molecule has 35 heavy (non-hydrogen) atoms. The highest BCUT2D eigenvalue weighted by molar-refractivity contribution is 5.92. The second-order valence-corrected chi connectivity index (χ2v) is 8.88. The fourth-order valence-electron chi connectivity index (χ4n) is 4.66. The van der Waals surface area contributed by atoms with Crippen molar-refractivity contribution in [2.24, 2.45) is 0 Å². The molecule has 180 valence electrons. The van der Waals surface area contributed by atoms with Crippen molar-refractivity contribution in [3.8, 4) is 5.75 Å². The summed E-state index contributed by atoms with van der Waals surface area (Å²) in [6.45, 7) is 6.05. The highest BCUT2D eigenvalue weighted by Crippen LogP contribution is 2.31. The lowest BCUT2D eigenvalue weighted by Gasteiger charge is -2.27. The Kier molecular flexibility index (Phi) is 6.11. The van der Waals surface area contributed by atoms with Crippen LogP contribution in [0.1, 0.15) is 48.3 Å². The van der Waals surface area contributed by atoms with Crippen LogP contribution in [0.15, 0.2) is 48.5 Å². The summed E-state index contributed by atoms with van der Waals surface area (Å²) in [5.41, 5.74) is 5.38. The van der Waals surface area contributed by atoms with E-state index < -0.39 is 12.1 Å². The van der Waals surface area contributed by atoms with Crippen LogP contribution in [0.5, 0.6) is 5.75 Å². The number of hydrogen-bond donors (Lipinski definition) is 1. The highest BCUT2D eigenvalue weighted by Gasteiger charge is 2.26. The molecule has 1 N–H and O–H groups in total. The maximum atomic E-state index is 12.7. The molecule has 0 saturated carbocycles. The predicted octanol–water partition coefficient (Wildman–Crippen LogP) is 4.00. The lowest BCUT2D eigenvalue weighted by atomic mass is 10.0. The Labute approximate surface area is 203 Å². The Balaban J connectivity index is 1.22. The largest absolute Gasteiger partial charge is 0.493 e. The van der Waals surface area contributed by atoms with E-state index >= 15 is 0 Å². The molecule has 2 aromatic heterocycles. The number of amides is 1. The number of esters is 1. The number of nitrogens with one attached hydrogen (secondary N) is 1. The molecule has 1 amide bonds. The molecule has 8 heteroatoms. The number of carbonyl (C=O) groups is 2. The fraction of sp³-hybridized carbons (Fsp3) is 0.333. The molecular weight excluding hydrogens is 444 g/mol. The predicted molar refractivity (Wildman–Crippen MR) is 131 cm³/mol. The van der Waals surface area contributed by atoms with Crippen LogP contribution in [-0.4, -0.2) is 39.2 Å². The number of benzene rings is 2. The highest BCUT2D eigenvalue weighted by atomic mass is 16.5. The fourth-order valence-corrected chi connectivity index (χ4v) is 4.66. The molecule has 8 nitrogen and oxygen atoms in total. The maximum Gasteiger partial charge on any atom is 0.306 e. The first-order valence-corrected chi connectivity index (χ1v) is 11.9. The number of rotatable bonds is 6. The number of carbonyl (C=O) groups excluding carboxylic acids is 2. The van der Waals surface area contributed by atoms with Crippen molar-refractivity contribution < 1.29 is 19.1 Å². The molecule has 2 aromatic carbocycles. The van der Waals surface area contributed by atoms with Gasteiger partial charge in [-0.2, -0.15) is 5.10 Å². The van der Waals surface area contributed by atoms with Gasteiger partial charge in [0.05, 0.1) is 18.2 Å². The quantitative estimate of drug-likeness (QED) is 0.426. The van der Waals surface area contributed by atoms with Gasteiger partial charge < -0.3 is 14.8 Å². The first kappa shape index (κ1) is 22.8. The molecule has 3 heterocycles. The van der Waals surface area contributed by atoms with Crippen LogP contribution >= 0.6 is 0 Å². The van der Waals surface area contributed by atoms with Gasteiger partial charge in [0.25, 0.3) is 5.91 Å². The van der Waals surface area contributed by atoms with E-state index in [1.54, 1.807) is 6.92 Å². The van der Waals surface area contributed by atoms with Crippen LogP contribution < -0.4 is 10.1 Å². The number of para-hydroxylation sites is 1. The Morgan fingerprint density at radius 3 is 2.80 bits per heavy atom. The molecule has 4 aromatic rings. The molecular formula is C27H28N4O4. The average Bonchev–Trinajstić information content (AvgIpc) is 3.23. The van der Waals surface area contributed by atoms with E-state index in [1.165, 1.54) is 0 Å². The number of ether oxygens (including phenoxy) is 2. The molecule has 0 spiro atoms. The summed E-state index contributed by atoms with van der Waals surface area (Å²) in [5.74, 6) is 0.0263. The smallest absolute Gasteiger partial charge is 0.306 e. The summed E-state index contributed by atoms with van der Waals surface area (Å²) in [5, 5.41) is 8.65. The minimum absolute atomic E-state index is 0.146. The maximum absolute atomic E-state index is 12.7. The monoisotopic (exact) mass is 472 g/mol. The van der Waals surface area contributed by atoms with Gasteiger partial charge in [-0.25, -0.2) is 9.50 Å². The van der Waals surface area contributed by atoms with Crippen LogP contribution in [0.4, 0.5) is 0 Å². The third-order valence-electron chi connectivity index (χ3n) is 6.55. The first-order chi connectivity index (χ1) is 16.9. The Hall–Kier alpha value is -3.94. The first-order valence-electron chi connectivity index (χ1n) is 11.9. The molecule has 0 radical (unpaired) electrons. The summed E-state index contributed by atoms with van der Waals surface area (Å²) in [7, 11) is 0. The summed E-state index contributed by atoms with van der Waals surface area (Å²) in [6.07, 6.45) is 0.377. The third kappa shape index (κ3) is 4.43. The minimum atomic E-state index is -0.892. The zero-order valence-electron chi connectivity index (χ0n) is 20.1. The normalized spacial score (nSPS) is 15.9. The third-order valence-corrected chi connectivity index (χ3v) is 6.55. The van der Waals surface area contributed by atoms with E-state index in [0.29, 0.717) is 19.4 Å². The molecule has 2 atom stereocenters. The van der Waals surface area contributed by atoms with Crippen molar-refractivity contribution in [1.29, 1.82) is 0 Å². The summed E-state index contributed by atoms with van der Waals surface area (Å²) >= 11 is 0. The molecule has 2 unspecified atom stereocenters. The second-order valence-electron chi connectivity index (χ2n) is 8.88. The van der Waals surface area contributed by atoms with Crippen molar-refractivity contribution in [2.75, 3.05) is 6.61 Å². The molecule has 0 bridgehead atoms. The zero-order valence-corrected chi connectivity index (χ0v) is 20.1. The molecule has 1 aliphatic heterocycles. The number of nitrogens with zero attached hydrogens (tertiary/aromatic N) is 3. The number of hydrogen-bond acceptors (Lipinski definition) is 6. The zero-order chi connectivity index (χ0) is 24.5. The molecule has 0 aliphatic carbocycles. The molecule has 1 aliphatic rings. The van der Waals surface area contributed by atoms with Gasteiger partial charge in [0.2, 0.25) is 0 Å². The van der Waals surface area contributed by atoms with Crippen LogP contribution in [0.25, 0.3) is 16.6 Å². The van der Waals surface area contributed by atoms with Gasteiger partial charge in [0, 0.05) is 35.2 Å². The van der Waals surface area contributed by atoms with Crippen LogP contribution in [0.2, 0.25) is 0 Å². The number of aromatic nitrogens is 3. The minimum Gasteiger partial charge on any atom is -0.493 e. The molecule has 5 rings (SSSR count). The standard InChI is InChI=1S/C27H28N4O4/c1-16-19(17(2)31-26(28-16)21-9-4-6-10-23(21)30-31)12-13-25(32)35-18(3)27(33)29-22-14-15-34-24-11-7-5-8-20(22)24/h4-11,18,22H,12-15H2,1-3H3,(H,29,33). The number of fused-ring (bicyclic) bond motifs is 4. The lowest BCUT2D eigenvalue weighted by molar-refractivity contribution is -0.155. The topological polar surface area (TPSA) is 94.8 Å². The van der Waals surface area contributed by atoms with Crippen molar-refractivity contribution >= 4 is 28.4 Å². The Morgan fingerprint density at radius 1 is 1.17 bits per heavy atom. The van der Waals surface area contributed by atoms with Gasteiger partial charge in [-0.3, -0.25) is 9.59 Å². The summed E-state index contributed by atoms with van der Waals surface area (Å²) in [6, 6.07) is 15.4. The van der Waals surface area contributed by atoms with Crippen molar-refractivity contribution in [1.82, 2.24) is 19.9 Å². The van der Waals surface area contributed by atoms with Crippen molar-refractivity contribution in [3.63, 3.8) is 0 Å². The van der Waals surface area contributed by atoms with E-state index in [9.17, 15) is 9.59 Å². The van der Waals surface area contributed by atoms with E-state index in [0.717, 1.165) is 44.8 Å². The van der Waals surface area contributed by atoms with E-state index in [1.807, 2.05) is 66.9 Å². The average molecular weight is 473 g/mol. The van der Waals surface area contributed by atoms with Gasteiger partial charge in [-0.15, -0.1) is 0 Å². The van der Waals surface area contributed by atoms with Crippen molar-refractivity contribution in [3.05, 3.63) is 71.0 Å². The second kappa shape index (κ2) is 9.37. The van der Waals surface area contributed by atoms with Crippen molar-refractivity contribution in [2.45, 2.75) is 52.2 Å². The summed E-state index contributed by atoms with van der Waals surface area (Å²) < 4.78 is 12.9. The van der Waals surface area contributed by atoms with E-state index in [2.05, 4.69) is 10.4 Å². The van der Waals surface area contributed by atoms with Gasteiger partial charge in [0.15, 0.2) is 11.8 Å². The van der Waals surface area contributed by atoms with Crippen LogP contribution in [0.3, 0.4) is 0 Å². The Bertz CT molecular complexity index is 1430. The van der Waals surface area contributed by atoms with Crippen LogP contribution in [0, 0.1) is 13.8 Å². The summed E-state index contributed by atoms with van der Waals surface area (Å²) in [4.78, 5) is 30.1. The van der Waals surface area contributed by atoms with Crippen LogP contribution in [-0.2, 0) is 20.7 Å². The SMILES string of the molecule is Cc1nc2c3ccccc3nn2c(C)c1CCC(=O)OC(C)C(=O)NC1CCOc2ccccc21. The molecule has 0 fully saturated rings. The molecule has 0 saturated heterocycles. The Morgan fingerprint density at radius 2 is 1.94 bits per heavy atom. The number of aryl methyl sites for hydroxylation is 2. The van der Waals surface area contributed by atoms with Gasteiger partial charge in [-0.1, -0.05) is 30.3 Å². The van der Waals surface area contributed by atoms with Gasteiger partial charge >= 0.3 is 5.97 Å². The lowest BCUT2D eigenvalue weighted by Crippen LogP contribution is -2.39. The van der Waals surface area contributed by atoms with Gasteiger partial charge in [0.1, 0.15) is 5.75 Å².